The first-order chi connectivity index (χ1) is 11.1. The van der Waals surface area contributed by atoms with Gasteiger partial charge >= 0.3 is 0 Å². The van der Waals surface area contributed by atoms with Crippen molar-refractivity contribution in [3.8, 4) is 0 Å². The third-order valence-corrected chi connectivity index (χ3v) is 4.05. The molecule has 1 heterocycles. The summed E-state index contributed by atoms with van der Waals surface area (Å²) in [5, 5.41) is 2.96. The van der Waals surface area contributed by atoms with Crippen LogP contribution in [-0.4, -0.2) is 71.5 Å². The number of morpholine rings is 1. The summed E-state index contributed by atoms with van der Waals surface area (Å²) in [6, 6.07) is 8.64. The lowest BCUT2D eigenvalue weighted by Crippen LogP contribution is -2.44. The van der Waals surface area contributed by atoms with Crippen molar-refractivity contribution in [3.05, 3.63) is 29.8 Å². The summed E-state index contributed by atoms with van der Waals surface area (Å²) in [6.07, 6.45) is 0. The van der Waals surface area contributed by atoms with E-state index in [-0.39, 0.29) is 18.6 Å². The summed E-state index contributed by atoms with van der Waals surface area (Å²) < 4.78 is 10.3. The van der Waals surface area contributed by atoms with Gasteiger partial charge in [0.2, 0.25) is 5.91 Å². The zero-order valence-corrected chi connectivity index (χ0v) is 14.2. The van der Waals surface area contributed by atoms with Crippen LogP contribution in [0.4, 0.5) is 5.69 Å². The standard InChI is InChI=1S/C17H27N3O3/c1-19(2)15-6-4-14(5-7-15)16(12-18-17(21)13-22-3)20-8-10-23-11-9-20/h4-7,16H,8-13H2,1-3H3,(H,18,21)/t16-/m0/s1. The van der Waals surface area contributed by atoms with E-state index >= 15 is 0 Å². The maximum Gasteiger partial charge on any atom is 0.246 e. The fraction of sp³-hybridized carbons (Fsp3) is 0.588. The Morgan fingerprint density at radius 1 is 1.30 bits per heavy atom. The van der Waals surface area contributed by atoms with Gasteiger partial charge in [0.1, 0.15) is 6.61 Å². The van der Waals surface area contributed by atoms with Gasteiger partial charge in [0.15, 0.2) is 0 Å². The Balaban J connectivity index is 2.09. The monoisotopic (exact) mass is 321 g/mol. The molecule has 0 spiro atoms. The number of benzene rings is 1. The Labute approximate surface area is 138 Å². The van der Waals surface area contributed by atoms with Crippen molar-refractivity contribution < 1.29 is 14.3 Å². The van der Waals surface area contributed by atoms with Crippen LogP contribution in [0, 0.1) is 0 Å². The number of nitrogens with one attached hydrogen (secondary N) is 1. The Bertz CT molecular complexity index is 484. The fourth-order valence-electron chi connectivity index (χ4n) is 2.73. The van der Waals surface area contributed by atoms with Crippen LogP contribution in [0.15, 0.2) is 24.3 Å². The van der Waals surface area contributed by atoms with Gasteiger partial charge in [-0.1, -0.05) is 12.1 Å². The maximum atomic E-state index is 11.7. The van der Waals surface area contributed by atoms with E-state index in [1.54, 1.807) is 0 Å². The van der Waals surface area contributed by atoms with Gasteiger partial charge in [-0.3, -0.25) is 9.69 Å². The highest BCUT2D eigenvalue weighted by Gasteiger charge is 2.23. The highest BCUT2D eigenvalue weighted by Crippen LogP contribution is 2.23. The molecule has 23 heavy (non-hydrogen) atoms. The number of nitrogens with zero attached hydrogens (tertiary/aromatic N) is 2. The number of methoxy groups -OCH3 is 1. The molecule has 1 N–H and O–H groups in total. The molecule has 0 unspecified atom stereocenters. The molecular formula is C17H27N3O3. The van der Waals surface area contributed by atoms with Gasteiger partial charge in [-0.15, -0.1) is 0 Å². The largest absolute Gasteiger partial charge is 0.379 e. The molecule has 1 aliphatic rings. The highest BCUT2D eigenvalue weighted by atomic mass is 16.5. The zero-order valence-electron chi connectivity index (χ0n) is 14.2. The second-order valence-electron chi connectivity index (χ2n) is 5.89. The average molecular weight is 321 g/mol. The minimum absolute atomic E-state index is 0.0873. The summed E-state index contributed by atoms with van der Waals surface area (Å²) >= 11 is 0. The van der Waals surface area contributed by atoms with Gasteiger partial charge in [-0.25, -0.2) is 0 Å². The van der Waals surface area contributed by atoms with Gasteiger partial charge in [0.05, 0.1) is 19.3 Å². The van der Waals surface area contributed by atoms with Crippen molar-refractivity contribution in [3.63, 3.8) is 0 Å². The van der Waals surface area contributed by atoms with Crippen LogP contribution in [0.2, 0.25) is 0 Å². The second-order valence-corrected chi connectivity index (χ2v) is 5.89. The van der Waals surface area contributed by atoms with Crippen molar-refractivity contribution in [2.75, 3.05) is 65.6 Å². The lowest BCUT2D eigenvalue weighted by Gasteiger charge is -2.35. The Hall–Kier alpha value is -1.63. The molecule has 1 atom stereocenters. The van der Waals surface area contributed by atoms with Crippen LogP contribution in [-0.2, 0) is 14.3 Å². The number of hydrogen-bond acceptors (Lipinski definition) is 5. The van der Waals surface area contributed by atoms with Crippen LogP contribution >= 0.6 is 0 Å². The predicted octanol–water partition coefficient (Wildman–Crippen LogP) is 0.889. The van der Waals surface area contributed by atoms with E-state index in [1.165, 1.54) is 12.7 Å². The maximum absolute atomic E-state index is 11.7. The summed E-state index contributed by atoms with van der Waals surface area (Å²) in [4.78, 5) is 16.2. The Kier molecular flexibility index (Phi) is 6.83. The summed E-state index contributed by atoms with van der Waals surface area (Å²) in [5.41, 5.74) is 2.37. The molecule has 1 amide bonds. The second kappa shape index (κ2) is 8.86. The average Bonchev–Trinajstić information content (AvgIpc) is 2.57. The molecule has 2 rings (SSSR count). The molecule has 0 radical (unpaired) electrons. The van der Waals surface area contributed by atoms with E-state index in [0.29, 0.717) is 6.54 Å². The van der Waals surface area contributed by atoms with Crippen molar-refractivity contribution in [2.45, 2.75) is 6.04 Å². The van der Waals surface area contributed by atoms with Crippen LogP contribution < -0.4 is 10.2 Å². The van der Waals surface area contributed by atoms with Crippen molar-refractivity contribution in [1.82, 2.24) is 10.2 Å². The smallest absolute Gasteiger partial charge is 0.246 e. The van der Waals surface area contributed by atoms with Gasteiger partial charge in [0.25, 0.3) is 0 Å². The van der Waals surface area contributed by atoms with Gasteiger partial charge in [-0.2, -0.15) is 0 Å². The highest BCUT2D eigenvalue weighted by molar-refractivity contribution is 5.77. The Morgan fingerprint density at radius 3 is 2.52 bits per heavy atom. The summed E-state index contributed by atoms with van der Waals surface area (Å²) in [7, 11) is 5.58. The number of rotatable bonds is 7. The van der Waals surface area contributed by atoms with Crippen LogP contribution in [0.5, 0.6) is 0 Å². The van der Waals surface area contributed by atoms with E-state index < -0.39 is 0 Å². The number of ether oxygens (including phenoxy) is 2. The van der Waals surface area contributed by atoms with Crippen molar-refractivity contribution in [2.24, 2.45) is 0 Å². The molecule has 1 fully saturated rings. The van der Waals surface area contributed by atoms with E-state index in [2.05, 4.69) is 39.4 Å². The molecule has 1 aromatic carbocycles. The molecule has 0 aromatic heterocycles. The summed E-state index contributed by atoms with van der Waals surface area (Å²) in [5.74, 6) is -0.0873. The Morgan fingerprint density at radius 2 is 1.96 bits per heavy atom. The fourth-order valence-corrected chi connectivity index (χ4v) is 2.73. The molecule has 0 bridgehead atoms. The van der Waals surface area contributed by atoms with Crippen LogP contribution in [0.3, 0.4) is 0 Å². The topological polar surface area (TPSA) is 54.0 Å². The first-order valence-electron chi connectivity index (χ1n) is 7.96. The minimum atomic E-state index is -0.0873. The van der Waals surface area contributed by atoms with Crippen molar-refractivity contribution >= 4 is 11.6 Å². The number of anilines is 1. The molecule has 1 aromatic rings. The summed E-state index contributed by atoms with van der Waals surface area (Å²) in [6.45, 7) is 3.88. The predicted molar refractivity (Wildman–Crippen MR) is 90.8 cm³/mol. The lowest BCUT2D eigenvalue weighted by atomic mass is 10.0. The third kappa shape index (κ3) is 5.20. The lowest BCUT2D eigenvalue weighted by molar-refractivity contribution is -0.125. The molecule has 0 saturated carbocycles. The van der Waals surface area contributed by atoms with Gasteiger partial charge in [0, 0.05) is 46.5 Å². The quantitative estimate of drug-likeness (QED) is 0.808. The molecule has 1 aliphatic heterocycles. The van der Waals surface area contributed by atoms with Crippen molar-refractivity contribution in [1.29, 1.82) is 0 Å². The zero-order chi connectivity index (χ0) is 16.7. The van der Waals surface area contributed by atoms with E-state index in [4.69, 9.17) is 9.47 Å². The molecular weight excluding hydrogens is 294 g/mol. The number of hydrogen-bond donors (Lipinski definition) is 1. The SMILES string of the molecule is COCC(=O)NC[C@@H](c1ccc(N(C)C)cc1)N1CCOCC1. The van der Waals surface area contributed by atoms with Gasteiger partial charge < -0.3 is 19.7 Å². The number of carbonyl (C=O) groups excluding carboxylic acids is 1. The van der Waals surface area contributed by atoms with Crippen LogP contribution in [0.1, 0.15) is 11.6 Å². The van der Waals surface area contributed by atoms with Crippen LogP contribution in [0.25, 0.3) is 0 Å². The van der Waals surface area contributed by atoms with Gasteiger partial charge in [-0.05, 0) is 17.7 Å². The minimum Gasteiger partial charge on any atom is -0.379 e. The molecule has 6 heteroatoms. The number of carbonyl (C=O) groups is 1. The molecule has 1 saturated heterocycles. The van der Waals surface area contributed by atoms with E-state index in [9.17, 15) is 4.79 Å². The third-order valence-electron chi connectivity index (χ3n) is 4.05. The first-order valence-corrected chi connectivity index (χ1v) is 7.96. The molecule has 128 valence electrons. The number of amides is 1. The van der Waals surface area contributed by atoms with E-state index in [0.717, 1.165) is 32.0 Å². The van der Waals surface area contributed by atoms with E-state index in [1.807, 2.05) is 14.1 Å². The molecule has 0 aliphatic carbocycles. The normalized spacial score (nSPS) is 16.8. The first kappa shape index (κ1) is 17.7. The molecule has 6 nitrogen and oxygen atoms in total.